The van der Waals surface area contributed by atoms with E-state index in [9.17, 15) is 4.79 Å². The van der Waals surface area contributed by atoms with Gasteiger partial charge in [0, 0.05) is 12.2 Å². The zero-order chi connectivity index (χ0) is 22.4. The maximum Gasteiger partial charge on any atom is 0.234 e. The number of amides is 1. The lowest BCUT2D eigenvalue weighted by Gasteiger charge is -2.16. The third-order valence-corrected chi connectivity index (χ3v) is 6.04. The summed E-state index contributed by atoms with van der Waals surface area (Å²) in [6, 6.07) is 15.3. The molecule has 1 atom stereocenters. The van der Waals surface area contributed by atoms with Crippen molar-refractivity contribution in [3.8, 4) is 5.75 Å². The second-order valence-electron chi connectivity index (χ2n) is 7.39. The highest BCUT2D eigenvalue weighted by atomic mass is 35.5. The minimum atomic E-state index is -0.338. The number of carbonyl (C=O) groups excluding carboxylic acids is 1. The molecule has 0 aliphatic heterocycles. The maximum absolute atomic E-state index is 12.4. The van der Waals surface area contributed by atoms with Crippen LogP contribution in [0.2, 0.25) is 5.02 Å². The molecule has 0 aliphatic rings. The summed E-state index contributed by atoms with van der Waals surface area (Å²) in [5, 5.41) is 12.7. The summed E-state index contributed by atoms with van der Waals surface area (Å²) in [6.07, 6.45) is -0.338. The van der Waals surface area contributed by atoms with Crippen molar-refractivity contribution in [3.63, 3.8) is 0 Å². The molecule has 1 N–H and O–H groups in total. The van der Waals surface area contributed by atoms with Gasteiger partial charge in [-0.15, -0.1) is 10.2 Å². The maximum atomic E-state index is 12.4. The number of nitrogens with one attached hydrogen (secondary N) is 1. The lowest BCUT2D eigenvalue weighted by Crippen LogP contribution is -2.15. The second kappa shape index (κ2) is 10.7. The zero-order valence-electron chi connectivity index (χ0n) is 18.1. The molecular formula is C23H27ClN4O2S. The van der Waals surface area contributed by atoms with Crippen molar-refractivity contribution >= 4 is 35.0 Å². The summed E-state index contributed by atoms with van der Waals surface area (Å²) in [7, 11) is 0. The molecule has 3 rings (SSSR count). The first kappa shape index (κ1) is 23.2. The first-order chi connectivity index (χ1) is 14.9. The number of hydrogen-bond donors (Lipinski definition) is 1. The molecule has 8 heteroatoms. The van der Waals surface area contributed by atoms with E-state index in [0.29, 0.717) is 34.2 Å². The monoisotopic (exact) mass is 458 g/mol. The average molecular weight is 459 g/mol. The van der Waals surface area contributed by atoms with Crippen molar-refractivity contribution in [2.45, 2.75) is 51.4 Å². The molecule has 0 bridgehead atoms. The first-order valence-corrected chi connectivity index (χ1v) is 11.6. The van der Waals surface area contributed by atoms with Crippen LogP contribution in [0, 0.1) is 0 Å². The van der Waals surface area contributed by atoms with E-state index >= 15 is 0 Å². The summed E-state index contributed by atoms with van der Waals surface area (Å²) < 4.78 is 7.93. The third kappa shape index (κ3) is 6.02. The van der Waals surface area contributed by atoms with E-state index in [1.165, 1.54) is 17.3 Å². The van der Waals surface area contributed by atoms with Crippen molar-refractivity contribution in [3.05, 3.63) is 64.9 Å². The molecule has 1 aromatic heterocycles. The van der Waals surface area contributed by atoms with Crippen LogP contribution in [0.3, 0.4) is 0 Å². The number of nitrogens with zero attached hydrogens (tertiary/aromatic N) is 3. The molecule has 1 unspecified atom stereocenters. The molecule has 2 aromatic carbocycles. The van der Waals surface area contributed by atoms with Crippen LogP contribution in [0.15, 0.2) is 53.7 Å². The minimum Gasteiger partial charge on any atom is -0.481 e. The number of thioether (sulfide) groups is 1. The molecule has 1 heterocycles. The molecule has 0 spiro atoms. The number of aromatic nitrogens is 3. The number of ether oxygens (including phenoxy) is 1. The van der Waals surface area contributed by atoms with E-state index in [4.69, 9.17) is 16.3 Å². The molecule has 0 fully saturated rings. The van der Waals surface area contributed by atoms with Gasteiger partial charge in [0.1, 0.15) is 5.75 Å². The quantitative estimate of drug-likeness (QED) is 0.401. The van der Waals surface area contributed by atoms with Gasteiger partial charge >= 0.3 is 0 Å². The molecule has 0 radical (unpaired) electrons. The molecule has 1 amide bonds. The fraction of sp³-hybridized carbons (Fsp3) is 0.348. The average Bonchev–Trinajstić information content (AvgIpc) is 3.17. The van der Waals surface area contributed by atoms with Gasteiger partial charge in [-0.25, -0.2) is 0 Å². The Bertz CT molecular complexity index is 1020. The molecule has 0 aliphatic carbocycles. The topological polar surface area (TPSA) is 69.0 Å². The molecular weight excluding hydrogens is 432 g/mol. The fourth-order valence-corrected chi connectivity index (χ4v) is 4.06. The summed E-state index contributed by atoms with van der Waals surface area (Å²) in [6.45, 7) is 8.86. The van der Waals surface area contributed by atoms with Gasteiger partial charge in [-0.05, 0) is 49.6 Å². The second-order valence-corrected chi connectivity index (χ2v) is 8.74. The first-order valence-electron chi connectivity index (χ1n) is 10.3. The van der Waals surface area contributed by atoms with Gasteiger partial charge in [-0.2, -0.15) is 0 Å². The van der Waals surface area contributed by atoms with Crippen molar-refractivity contribution in [1.82, 2.24) is 14.8 Å². The van der Waals surface area contributed by atoms with E-state index in [0.717, 1.165) is 5.69 Å². The van der Waals surface area contributed by atoms with Gasteiger partial charge in [-0.1, -0.05) is 61.5 Å². The Morgan fingerprint density at radius 2 is 1.84 bits per heavy atom. The molecule has 164 valence electrons. The van der Waals surface area contributed by atoms with Crippen molar-refractivity contribution < 1.29 is 9.53 Å². The van der Waals surface area contributed by atoms with Crippen molar-refractivity contribution in [2.75, 3.05) is 11.1 Å². The molecule has 0 saturated carbocycles. The summed E-state index contributed by atoms with van der Waals surface area (Å²) in [4.78, 5) is 12.4. The third-order valence-electron chi connectivity index (χ3n) is 4.76. The van der Waals surface area contributed by atoms with Gasteiger partial charge in [0.05, 0.1) is 10.8 Å². The van der Waals surface area contributed by atoms with Crippen LogP contribution in [0.5, 0.6) is 5.75 Å². The van der Waals surface area contributed by atoms with Crippen LogP contribution in [0.1, 0.15) is 51.1 Å². The molecule has 3 aromatic rings. The lowest BCUT2D eigenvalue weighted by molar-refractivity contribution is -0.113. The summed E-state index contributed by atoms with van der Waals surface area (Å²) in [5.74, 6) is 1.90. The smallest absolute Gasteiger partial charge is 0.234 e. The highest BCUT2D eigenvalue weighted by molar-refractivity contribution is 7.99. The fourth-order valence-electron chi connectivity index (χ4n) is 3.07. The summed E-state index contributed by atoms with van der Waals surface area (Å²) in [5.41, 5.74) is 2.03. The van der Waals surface area contributed by atoms with Gasteiger partial charge in [0.25, 0.3) is 0 Å². The largest absolute Gasteiger partial charge is 0.481 e. The molecule has 31 heavy (non-hydrogen) atoms. The predicted octanol–water partition coefficient (Wildman–Crippen LogP) is 5.95. The summed E-state index contributed by atoms with van der Waals surface area (Å²) >= 11 is 7.54. The Hall–Kier alpha value is -2.51. The Morgan fingerprint density at radius 1 is 1.13 bits per heavy atom. The van der Waals surface area contributed by atoms with Gasteiger partial charge in [0.2, 0.25) is 5.91 Å². The van der Waals surface area contributed by atoms with Crippen LogP contribution >= 0.6 is 23.4 Å². The highest BCUT2D eigenvalue weighted by Gasteiger charge is 2.20. The van der Waals surface area contributed by atoms with Crippen LogP contribution in [0.4, 0.5) is 5.69 Å². The van der Waals surface area contributed by atoms with Gasteiger partial charge < -0.3 is 14.6 Å². The van der Waals surface area contributed by atoms with Gasteiger partial charge in [0.15, 0.2) is 17.1 Å². The molecule has 0 saturated heterocycles. The van der Waals surface area contributed by atoms with Crippen LogP contribution in [-0.2, 0) is 11.3 Å². The SMILES string of the molecule is CCn1c(SCC(=O)Nc2ccc(C(C)C)cc2)nnc1C(C)Oc1ccccc1Cl. The van der Waals surface area contributed by atoms with E-state index in [1.807, 2.05) is 60.9 Å². The normalized spacial score (nSPS) is 12.1. The minimum absolute atomic E-state index is 0.0881. The number of benzene rings is 2. The Kier molecular flexibility index (Phi) is 7.98. The van der Waals surface area contributed by atoms with Crippen LogP contribution in [-0.4, -0.2) is 26.4 Å². The number of para-hydroxylation sites is 1. The predicted molar refractivity (Wildman–Crippen MR) is 126 cm³/mol. The standard InChI is InChI=1S/C23H27ClN4O2S/c1-5-28-22(16(4)30-20-9-7-6-8-19(20)24)26-27-23(28)31-14-21(29)25-18-12-10-17(11-13-18)15(2)3/h6-13,15-16H,5,14H2,1-4H3,(H,25,29). The highest BCUT2D eigenvalue weighted by Crippen LogP contribution is 2.29. The number of hydrogen-bond acceptors (Lipinski definition) is 5. The van der Waals surface area contributed by atoms with E-state index in [2.05, 4.69) is 29.4 Å². The van der Waals surface area contributed by atoms with E-state index in [-0.39, 0.29) is 17.8 Å². The Balaban J connectivity index is 1.61. The van der Waals surface area contributed by atoms with Crippen molar-refractivity contribution in [2.24, 2.45) is 0 Å². The Labute approximate surface area is 192 Å². The van der Waals surface area contributed by atoms with E-state index in [1.54, 1.807) is 6.07 Å². The molecule has 6 nitrogen and oxygen atoms in total. The Morgan fingerprint density at radius 3 is 2.48 bits per heavy atom. The number of anilines is 1. The van der Waals surface area contributed by atoms with Gasteiger partial charge in [-0.3, -0.25) is 4.79 Å². The number of carbonyl (C=O) groups is 1. The lowest BCUT2D eigenvalue weighted by atomic mass is 10.0. The van der Waals surface area contributed by atoms with E-state index < -0.39 is 0 Å². The zero-order valence-corrected chi connectivity index (χ0v) is 19.7. The number of halogens is 1. The number of rotatable bonds is 9. The van der Waals surface area contributed by atoms with Crippen LogP contribution < -0.4 is 10.1 Å². The van der Waals surface area contributed by atoms with Crippen LogP contribution in [0.25, 0.3) is 0 Å². The van der Waals surface area contributed by atoms with Crippen molar-refractivity contribution in [1.29, 1.82) is 0 Å².